The molecular formula is C30H30F3N3O3. The molecule has 0 unspecified atom stereocenters. The van der Waals surface area contributed by atoms with E-state index in [2.05, 4.69) is 15.5 Å². The second kappa shape index (κ2) is 11.0. The van der Waals surface area contributed by atoms with Crippen molar-refractivity contribution in [2.24, 2.45) is 0 Å². The summed E-state index contributed by atoms with van der Waals surface area (Å²) in [6.07, 6.45) is -4.45. The van der Waals surface area contributed by atoms with Crippen molar-refractivity contribution in [2.75, 3.05) is 6.54 Å². The summed E-state index contributed by atoms with van der Waals surface area (Å²) in [5.41, 5.74) is 2.35. The van der Waals surface area contributed by atoms with Gasteiger partial charge in [0.1, 0.15) is 5.60 Å². The van der Waals surface area contributed by atoms with Crippen LogP contribution in [-0.2, 0) is 15.7 Å². The topological polar surface area (TPSA) is 77.2 Å². The Morgan fingerprint density at radius 3 is 2.28 bits per heavy atom. The molecule has 1 N–H and O–H groups in total. The molecule has 4 rings (SSSR count). The van der Waals surface area contributed by atoms with Crippen LogP contribution in [0.2, 0.25) is 0 Å². The van der Waals surface area contributed by atoms with Crippen LogP contribution >= 0.6 is 0 Å². The molecule has 1 atom stereocenters. The lowest BCUT2D eigenvalue weighted by molar-refractivity contribution is -0.153. The first kappa shape index (κ1) is 28.0. The van der Waals surface area contributed by atoms with Gasteiger partial charge in [-0.1, -0.05) is 53.7 Å². The van der Waals surface area contributed by atoms with Crippen molar-refractivity contribution >= 4 is 5.97 Å². The third-order valence-corrected chi connectivity index (χ3v) is 6.06. The van der Waals surface area contributed by atoms with E-state index in [9.17, 15) is 18.0 Å². The lowest BCUT2D eigenvalue weighted by atomic mass is 9.94. The molecule has 0 aliphatic rings. The minimum atomic E-state index is -4.45. The SMILES string of the molecule is Cc1cc(-c2nc(-c3ccc([C@@H](C)NCC(=O)OC(C)(C)C)cc3)no2)ccc1-c1ccccc1C(F)(F)F. The number of hydrogen-bond donors (Lipinski definition) is 1. The summed E-state index contributed by atoms with van der Waals surface area (Å²) in [5, 5.41) is 7.23. The first-order valence-electron chi connectivity index (χ1n) is 12.5. The summed E-state index contributed by atoms with van der Waals surface area (Å²) in [6, 6.07) is 18.0. The fourth-order valence-corrected chi connectivity index (χ4v) is 4.17. The molecule has 1 heterocycles. The molecule has 0 fully saturated rings. The third-order valence-electron chi connectivity index (χ3n) is 6.06. The van der Waals surface area contributed by atoms with E-state index in [1.165, 1.54) is 12.1 Å². The maximum absolute atomic E-state index is 13.5. The van der Waals surface area contributed by atoms with E-state index in [0.29, 0.717) is 22.5 Å². The van der Waals surface area contributed by atoms with Crippen LogP contribution in [0.25, 0.3) is 34.0 Å². The highest BCUT2D eigenvalue weighted by Crippen LogP contribution is 2.39. The van der Waals surface area contributed by atoms with Gasteiger partial charge in [-0.25, -0.2) is 0 Å². The van der Waals surface area contributed by atoms with Crippen LogP contribution in [0.1, 0.15) is 50.4 Å². The Morgan fingerprint density at radius 2 is 1.64 bits per heavy atom. The van der Waals surface area contributed by atoms with E-state index >= 15 is 0 Å². The van der Waals surface area contributed by atoms with Crippen LogP contribution in [0.3, 0.4) is 0 Å². The predicted octanol–water partition coefficient (Wildman–Crippen LogP) is 7.39. The largest absolute Gasteiger partial charge is 0.459 e. The van der Waals surface area contributed by atoms with Gasteiger partial charge in [-0.2, -0.15) is 18.2 Å². The summed E-state index contributed by atoms with van der Waals surface area (Å²) in [5.74, 6) is 0.327. The van der Waals surface area contributed by atoms with Gasteiger partial charge in [-0.3, -0.25) is 4.79 Å². The van der Waals surface area contributed by atoms with Crippen LogP contribution in [0.5, 0.6) is 0 Å². The molecule has 0 aliphatic heterocycles. The smallest absolute Gasteiger partial charge is 0.417 e. The summed E-state index contributed by atoms with van der Waals surface area (Å²) in [7, 11) is 0. The normalized spacial score (nSPS) is 12.8. The molecule has 3 aromatic carbocycles. The summed E-state index contributed by atoms with van der Waals surface area (Å²) < 4.78 is 51.3. The number of benzene rings is 3. The zero-order valence-corrected chi connectivity index (χ0v) is 22.4. The average molecular weight is 538 g/mol. The number of rotatable bonds is 7. The molecule has 204 valence electrons. The monoisotopic (exact) mass is 537 g/mol. The zero-order valence-electron chi connectivity index (χ0n) is 22.4. The number of ether oxygens (including phenoxy) is 1. The zero-order chi connectivity index (χ0) is 28.4. The standard InChI is InChI=1S/C30H30F3N3O3/c1-18-16-22(14-15-23(18)24-8-6-7-9-25(24)30(31,32)33)28-35-27(36-39-28)21-12-10-20(11-13-21)19(2)34-17-26(37)38-29(3,4)5/h6-16,19,34H,17H2,1-5H3/t19-/m1/s1. The molecule has 0 amide bonds. The molecule has 39 heavy (non-hydrogen) atoms. The number of aryl methyl sites for hydroxylation is 1. The van der Waals surface area contributed by atoms with Crippen molar-refractivity contribution in [3.8, 4) is 34.0 Å². The second-order valence-corrected chi connectivity index (χ2v) is 10.3. The van der Waals surface area contributed by atoms with Crippen molar-refractivity contribution in [1.29, 1.82) is 0 Å². The average Bonchev–Trinajstić information content (AvgIpc) is 3.36. The van der Waals surface area contributed by atoms with Crippen molar-refractivity contribution in [1.82, 2.24) is 15.5 Å². The van der Waals surface area contributed by atoms with Gasteiger partial charge in [0.15, 0.2) is 0 Å². The number of carbonyl (C=O) groups is 1. The molecule has 0 radical (unpaired) electrons. The third kappa shape index (κ3) is 6.92. The molecule has 4 aromatic rings. The van der Waals surface area contributed by atoms with Gasteiger partial charge in [0, 0.05) is 17.2 Å². The van der Waals surface area contributed by atoms with E-state index in [1.807, 2.05) is 52.0 Å². The fourth-order valence-electron chi connectivity index (χ4n) is 4.17. The lowest BCUT2D eigenvalue weighted by Crippen LogP contribution is -2.32. The van der Waals surface area contributed by atoms with Gasteiger partial charge in [0.25, 0.3) is 5.89 Å². The highest BCUT2D eigenvalue weighted by Gasteiger charge is 2.33. The maximum Gasteiger partial charge on any atom is 0.417 e. The minimum absolute atomic E-state index is 0.0867. The molecule has 0 aliphatic carbocycles. The van der Waals surface area contributed by atoms with Crippen molar-refractivity contribution in [3.05, 3.63) is 83.4 Å². The Morgan fingerprint density at radius 1 is 0.974 bits per heavy atom. The number of alkyl halides is 3. The Bertz CT molecular complexity index is 1450. The quantitative estimate of drug-likeness (QED) is 0.248. The van der Waals surface area contributed by atoms with Crippen molar-refractivity contribution in [3.63, 3.8) is 0 Å². The van der Waals surface area contributed by atoms with Crippen molar-refractivity contribution in [2.45, 2.75) is 52.4 Å². The van der Waals surface area contributed by atoms with E-state index in [0.717, 1.165) is 17.2 Å². The van der Waals surface area contributed by atoms with Gasteiger partial charge in [0.2, 0.25) is 5.82 Å². The molecular weight excluding hydrogens is 507 g/mol. The number of halogens is 3. The van der Waals surface area contributed by atoms with E-state index < -0.39 is 17.3 Å². The molecule has 6 nitrogen and oxygen atoms in total. The van der Waals surface area contributed by atoms with E-state index in [1.54, 1.807) is 31.2 Å². The van der Waals surface area contributed by atoms with Crippen molar-refractivity contribution < 1.29 is 27.2 Å². The molecule has 1 aromatic heterocycles. The number of nitrogens with zero attached hydrogens (tertiary/aromatic N) is 2. The number of carbonyl (C=O) groups excluding carboxylic acids is 1. The molecule has 0 saturated carbocycles. The lowest BCUT2D eigenvalue weighted by Gasteiger charge is -2.21. The Labute approximate surface area is 225 Å². The van der Waals surface area contributed by atoms with Gasteiger partial charge >= 0.3 is 12.1 Å². The molecule has 9 heteroatoms. The van der Waals surface area contributed by atoms with E-state index in [-0.39, 0.29) is 30.0 Å². The molecule has 0 saturated heterocycles. The first-order chi connectivity index (χ1) is 18.3. The minimum Gasteiger partial charge on any atom is -0.459 e. The number of aromatic nitrogens is 2. The Kier molecular flexibility index (Phi) is 7.92. The Hall–Kier alpha value is -3.98. The van der Waals surface area contributed by atoms with Gasteiger partial charge in [0.05, 0.1) is 12.1 Å². The maximum atomic E-state index is 13.5. The fraction of sp³-hybridized carbons (Fsp3) is 0.300. The number of hydrogen-bond acceptors (Lipinski definition) is 6. The summed E-state index contributed by atoms with van der Waals surface area (Å²) in [6.45, 7) is 9.26. The van der Waals surface area contributed by atoms with Crippen LogP contribution < -0.4 is 5.32 Å². The predicted molar refractivity (Wildman–Crippen MR) is 143 cm³/mol. The summed E-state index contributed by atoms with van der Waals surface area (Å²) in [4.78, 5) is 16.4. The van der Waals surface area contributed by atoms with Gasteiger partial charge in [-0.05, 0) is 75.1 Å². The van der Waals surface area contributed by atoms with Crippen LogP contribution in [-0.4, -0.2) is 28.3 Å². The molecule has 0 spiro atoms. The van der Waals surface area contributed by atoms with Crippen LogP contribution in [0.15, 0.2) is 71.3 Å². The Balaban J connectivity index is 1.47. The van der Waals surface area contributed by atoms with Crippen LogP contribution in [0.4, 0.5) is 13.2 Å². The number of nitrogens with one attached hydrogen (secondary N) is 1. The van der Waals surface area contributed by atoms with Gasteiger partial charge < -0.3 is 14.6 Å². The first-order valence-corrected chi connectivity index (χ1v) is 12.5. The highest BCUT2D eigenvalue weighted by atomic mass is 19.4. The molecule has 0 bridgehead atoms. The van der Waals surface area contributed by atoms with E-state index in [4.69, 9.17) is 9.26 Å². The summed E-state index contributed by atoms with van der Waals surface area (Å²) >= 11 is 0. The number of esters is 1. The second-order valence-electron chi connectivity index (χ2n) is 10.3. The van der Waals surface area contributed by atoms with Crippen LogP contribution in [0, 0.1) is 6.92 Å². The highest BCUT2D eigenvalue weighted by molar-refractivity contribution is 5.74. The van der Waals surface area contributed by atoms with Gasteiger partial charge in [-0.15, -0.1) is 0 Å².